The average molecular weight is 495 g/mol. The predicted molar refractivity (Wildman–Crippen MR) is 137 cm³/mol. The standard InChI is InChI=1S/C28H35FN4O3/c1-21(34)33-14-5-13-30(2)16-17-32(19-23-6-3-4-7-26(23)33)28(36)24-18-27(35)31(20-24)15-12-22-8-10-25(29)11-9-22/h3-4,6-11,24H,5,12-20H2,1-2H3. The first-order chi connectivity index (χ1) is 17.3. The summed E-state index contributed by atoms with van der Waals surface area (Å²) in [6.45, 7) is 5.62. The number of halogens is 1. The van der Waals surface area contributed by atoms with Gasteiger partial charge in [0.25, 0.3) is 0 Å². The van der Waals surface area contributed by atoms with Crippen molar-refractivity contribution in [1.82, 2.24) is 14.7 Å². The zero-order valence-electron chi connectivity index (χ0n) is 21.2. The van der Waals surface area contributed by atoms with Gasteiger partial charge in [0.1, 0.15) is 5.82 Å². The van der Waals surface area contributed by atoms with Gasteiger partial charge < -0.3 is 19.6 Å². The Kier molecular flexibility index (Phi) is 8.36. The zero-order chi connectivity index (χ0) is 25.7. The fourth-order valence-electron chi connectivity index (χ4n) is 5.06. The number of carbonyl (C=O) groups excluding carboxylic acids is 3. The van der Waals surface area contributed by atoms with E-state index in [1.54, 1.807) is 28.9 Å². The summed E-state index contributed by atoms with van der Waals surface area (Å²) in [6, 6.07) is 14.1. The number of para-hydroxylation sites is 1. The van der Waals surface area contributed by atoms with Crippen LogP contribution in [0.1, 0.15) is 30.9 Å². The molecule has 0 spiro atoms. The molecule has 2 aromatic rings. The molecule has 7 nitrogen and oxygen atoms in total. The van der Waals surface area contributed by atoms with Crippen molar-refractivity contribution in [2.24, 2.45) is 5.92 Å². The Bertz CT molecular complexity index is 1090. The highest BCUT2D eigenvalue weighted by Crippen LogP contribution is 2.26. The molecule has 0 N–H and O–H groups in total. The lowest BCUT2D eigenvalue weighted by atomic mass is 10.1. The first kappa shape index (κ1) is 25.8. The molecule has 36 heavy (non-hydrogen) atoms. The molecule has 1 fully saturated rings. The smallest absolute Gasteiger partial charge is 0.228 e. The summed E-state index contributed by atoms with van der Waals surface area (Å²) in [5.74, 6) is -0.730. The minimum atomic E-state index is -0.391. The summed E-state index contributed by atoms with van der Waals surface area (Å²) in [6.07, 6.45) is 1.67. The second-order valence-corrected chi connectivity index (χ2v) is 9.83. The number of hydrogen-bond acceptors (Lipinski definition) is 4. The molecule has 0 radical (unpaired) electrons. The lowest BCUT2D eigenvalue weighted by molar-refractivity contribution is -0.136. The quantitative estimate of drug-likeness (QED) is 0.656. The third-order valence-corrected chi connectivity index (χ3v) is 7.16. The lowest BCUT2D eigenvalue weighted by Gasteiger charge is -2.29. The zero-order valence-corrected chi connectivity index (χ0v) is 21.2. The van der Waals surface area contributed by atoms with Crippen molar-refractivity contribution < 1.29 is 18.8 Å². The van der Waals surface area contributed by atoms with Gasteiger partial charge in [-0.1, -0.05) is 30.3 Å². The van der Waals surface area contributed by atoms with E-state index in [2.05, 4.69) is 4.90 Å². The monoisotopic (exact) mass is 494 g/mol. The van der Waals surface area contributed by atoms with Crippen LogP contribution in [0.4, 0.5) is 10.1 Å². The van der Waals surface area contributed by atoms with Crippen molar-refractivity contribution in [3.63, 3.8) is 0 Å². The number of benzene rings is 2. The first-order valence-electron chi connectivity index (χ1n) is 12.7. The van der Waals surface area contributed by atoms with E-state index in [-0.39, 0.29) is 30.0 Å². The fourth-order valence-corrected chi connectivity index (χ4v) is 5.06. The maximum atomic E-state index is 13.7. The Morgan fingerprint density at radius 1 is 1.00 bits per heavy atom. The molecule has 8 heteroatoms. The molecule has 1 atom stereocenters. The molecule has 1 unspecified atom stereocenters. The number of fused-ring (bicyclic) bond motifs is 1. The van der Waals surface area contributed by atoms with E-state index in [1.165, 1.54) is 12.1 Å². The summed E-state index contributed by atoms with van der Waals surface area (Å²) < 4.78 is 13.2. The van der Waals surface area contributed by atoms with E-state index in [0.29, 0.717) is 39.1 Å². The molecule has 2 aliphatic rings. The summed E-state index contributed by atoms with van der Waals surface area (Å²) >= 11 is 0. The molecule has 4 rings (SSSR count). The van der Waals surface area contributed by atoms with Crippen LogP contribution in [0.2, 0.25) is 0 Å². The molecule has 0 saturated carbocycles. The molecule has 2 aromatic carbocycles. The Hall–Kier alpha value is -3.26. The molecule has 2 aliphatic heterocycles. The van der Waals surface area contributed by atoms with Crippen LogP contribution in [0.3, 0.4) is 0 Å². The van der Waals surface area contributed by atoms with Gasteiger partial charge in [-0.3, -0.25) is 14.4 Å². The minimum absolute atomic E-state index is 0.0135. The third-order valence-electron chi connectivity index (χ3n) is 7.16. The second kappa shape index (κ2) is 11.6. The molecule has 0 bridgehead atoms. The van der Waals surface area contributed by atoms with Crippen LogP contribution >= 0.6 is 0 Å². The second-order valence-electron chi connectivity index (χ2n) is 9.83. The largest absolute Gasteiger partial charge is 0.342 e. The van der Waals surface area contributed by atoms with E-state index >= 15 is 0 Å². The van der Waals surface area contributed by atoms with Crippen molar-refractivity contribution in [3.05, 3.63) is 65.5 Å². The van der Waals surface area contributed by atoms with Gasteiger partial charge in [-0.05, 0) is 55.8 Å². The van der Waals surface area contributed by atoms with Crippen molar-refractivity contribution in [2.45, 2.75) is 32.7 Å². The van der Waals surface area contributed by atoms with Crippen molar-refractivity contribution in [2.75, 3.05) is 51.2 Å². The van der Waals surface area contributed by atoms with E-state index in [1.807, 2.05) is 36.2 Å². The molecule has 3 amide bonds. The number of anilines is 1. The summed E-state index contributed by atoms with van der Waals surface area (Å²) in [4.78, 5) is 46.4. The summed E-state index contributed by atoms with van der Waals surface area (Å²) in [7, 11) is 2.03. The predicted octanol–water partition coefficient (Wildman–Crippen LogP) is 2.93. The molecular weight excluding hydrogens is 459 g/mol. The van der Waals surface area contributed by atoms with Crippen molar-refractivity contribution >= 4 is 23.4 Å². The molecular formula is C28H35FN4O3. The molecule has 2 heterocycles. The van der Waals surface area contributed by atoms with Gasteiger partial charge in [-0.15, -0.1) is 0 Å². The first-order valence-corrected chi connectivity index (χ1v) is 12.7. The normalized spacial score (nSPS) is 19.7. The maximum absolute atomic E-state index is 13.7. The van der Waals surface area contributed by atoms with Gasteiger partial charge in [-0.2, -0.15) is 0 Å². The lowest BCUT2D eigenvalue weighted by Crippen LogP contribution is -2.41. The number of likely N-dealkylation sites (tertiary alicyclic amines) is 1. The van der Waals surface area contributed by atoms with Gasteiger partial charge in [0.05, 0.1) is 5.92 Å². The highest BCUT2D eigenvalue weighted by atomic mass is 19.1. The Labute approximate surface area is 212 Å². The molecule has 192 valence electrons. The van der Waals surface area contributed by atoms with Crippen LogP contribution in [0, 0.1) is 11.7 Å². The summed E-state index contributed by atoms with van der Waals surface area (Å²) in [5, 5.41) is 0. The Morgan fingerprint density at radius 2 is 1.75 bits per heavy atom. The molecule has 1 saturated heterocycles. The van der Waals surface area contributed by atoms with E-state index in [4.69, 9.17) is 0 Å². The summed E-state index contributed by atoms with van der Waals surface area (Å²) in [5.41, 5.74) is 2.74. The van der Waals surface area contributed by atoms with E-state index in [0.717, 1.165) is 36.3 Å². The number of amides is 3. The van der Waals surface area contributed by atoms with Gasteiger partial charge in [0.2, 0.25) is 17.7 Å². The number of hydrogen-bond donors (Lipinski definition) is 0. The molecule has 0 aromatic heterocycles. The van der Waals surface area contributed by atoms with Crippen LogP contribution in [-0.4, -0.2) is 78.7 Å². The van der Waals surface area contributed by atoms with Crippen molar-refractivity contribution in [1.29, 1.82) is 0 Å². The SMILES string of the molecule is CC(=O)N1CCCN(C)CCN(C(=O)C2CC(=O)N(CCc3ccc(F)cc3)C2)Cc2ccccc21. The number of rotatable bonds is 4. The highest BCUT2D eigenvalue weighted by molar-refractivity contribution is 5.92. The number of nitrogens with zero attached hydrogens (tertiary/aromatic N) is 4. The topological polar surface area (TPSA) is 64.2 Å². The van der Waals surface area contributed by atoms with Crippen molar-refractivity contribution in [3.8, 4) is 0 Å². The molecule has 0 aliphatic carbocycles. The van der Waals surface area contributed by atoms with E-state index < -0.39 is 5.92 Å². The van der Waals surface area contributed by atoms with Gasteiger partial charge in [0.15, 0.2) is 0 Å². The van der Waals surface area contributed by atoms with E-state index in [9.17, 15) is 18.8 Å². The van der Waals surface area contributed by atoms with Crippen LogP contribution in [-0.2, 0) is 27.3 Å². The minimum Gasteiger partial charge on any atom is -0.342 e. The van der Waals surface area contributed by atoms with Gasteiger partial charge >= 0.3 is 0 Å². The average Bonchev–Trinajstić information content (AvgIpc) is 3.22. The van der Waals surface area contributed by atoms with Crippen LogP contribution in [0.25, 0.3) is 0 Å². The van der Waals surface area contributed by atoms with Crippen LogP contribution in [0.5, 0.6) is 0 Å². The van der Waals surface area contributed by atoms with Gasteiger partial charge in [-0.25, -0.2) is 4.39 Å². The Morgan fingerprint density at radius 3 is 2.50 bits per heavy atom. The van der Waals surface area contributed by atoms with Gasteiger partial charge in [0, 0.05) is 58.3 Å². The van der Waals surface area contributed by atoms with Crippen LogP contribution < -0.4 is 4.90 Å². The maximum Gasteiger partial charge on any atom is 0.228 e. The number of likely N-dealkylation sites (N-methyl/N-ethyl adjacent to an activating group) is 1. The Balaban J connectivity index is 1.48. The van der Waals surface area contributed by atoms with Crippen LogP contribution in [0.15, 0.2) is 48.5 Å². The fraction of sp³-hybridized carbons (Fsp3) is 0.464. The highest BCUT2D eigenvalue weighted by Gasteiger charge is 2.36. The third kappa shape index (κ3) is 6.29. The number of carbonyl (C=O) groups is 3.